The average molecular weight is 516 g/mol. The van der Waals surface area contributed by atoms with Gasteiger partial charge in [-0.15, -0.1) is 0 Å². The Morgan fingerprint density at radius 3 is 2.70 bits per heavy atom. The Labute approximate surface area is 216 Å². The van der Waals surface area contributed by atoms with Crippen LogP contribution < -0.4 is 15.5 Å². The zero-order chi connectivity index (χ0) is 25.9. The number of hydrogen-bond acceptors (Lipinski definition) is 7. The lowest BCUT2D eigenvalue weighted by Crippen LogP contribution is -2.28. The Hall–Kier alpha value is -4.50. The van der Waals surface area contributed by atoms with Crippen LogP contribution in [0.4, 0.5) is 0 Å². The summed E-state index contributed by atoms with van der Waals surface area (Å²) in [6.07, 6.45) is 1.53. The van der Waals surface area contributed by atoms with Crippen LogP contribution >= 0.6 is 11.6 Å². The van der Waals surface area contributed by atoms with Crippen molar-refractivity contribution in [2.24, 2.45) is 0 Å². The van der Waals surface area contributed by atoms with E-state index in [9.17, 15) is 9.59 Å². The first-order chi connectivity index (χ1) is 17.9. The van der Waals surface area contributed by atoms with Crippen LogP contribution in [0.1, 0.15) is 11.3 Å². The molecular weight excluding hydrogens is 494 g/mol. The van der Waals surface area contributed by atoms with Gasteiger partial charge in [-0.05, 0) is 61.0 Å². The number of benzene rings is 2. The van der Waals surface area contributed by atoms with E-state index in [2.05, 4.69) is 20.4 Å². The van der Waals surface area contributed by atoms with Gasteiger partial charge >= 0.3 is 0 Å². The Morgan fingerprint density at radius 1 is 1.11 bits per heavy atom. The molecule has 1 amide bonds. The number of pyridine rings is 2. The summed E-state index contributed by atoms with van der Waals surface area (Å²) in [5, 5.41) is 7.84. The predicted octanol–water partition coefficient (Wildman–Crippen LogP) is 4.40. The molecule has 0 saturated carbocycles. The summed E-state index contributed by atoms with van der Waals surface area (Å²) < 4.78 is 12.3. The number of amides is 1. The highest BCUT2D eigenvalue weighted by Gasteiger charge is 2.19. The molecule has 0 aliphatic heterocycles. The van der Waals surface area contributed by atoms with E-state index >= 15 is 0 Å². The van der Waals surface area contributed by atoms with Gasteiger partial charge in [-0.2, -0.15) is 4.98 Å². The van der Waals surface area contributed by atoms with Gasteiger partial charge < -0.3 is 19.1 Å². The van der Waals surface area contributed by atoms with E-state index in [4.69, 9.17) is 20.9 Å². The van der Waals surface area contributed by atoms with Crippen molar-refractivity contribution in [2.45, 2.75) is 20.0 Å². The van der Waals surface area contributed by atoms with Crippen molar-refractivity contribution in [3.8, 4) is 28.6 Å². The third-order valence-electron chi connectivity index (χ3n) is 5.76. The van der Waals surface area contributed by atoms with Crippen LogP contribution in [0.15, 0.2) is 76.2 Å². The number of nitrogens with zero attached hydrogens (tertiary/aromatic N) is 4. The predicted molar refractivity (Wildman–Crippen MR) is 139 cm³/mol. The van der Waals surface area contributed by atoms with Crippen molar-refractivity contribution in [3.05, 3.63) is 93.4 Å². The summed E-state index contributed by atoms with van der Waals surface area (Å²) in [5.41, 5.74) is 2.55. The third-order valence-corrected chi connectivity index (χ3v) is 6.01. The molecule has 0 aliphatic rings. The van der Waals surface area contributed by atoms with Gasteiger partial charge in [0.05, 0.1) is 12.5 Å². The molecule has 186 valence electrons. The first kappa shape index (κ1) is 24.2. The Balaban J connectivity index is 1.47. The topological polar surface area (TPSA) is 112 Å². The first-order valence-corrected chi connectivity index (χ1v) is 11.8. The number of methoxy groups -OCH3 is 1. The van der Waals surface area contributed by atoms with Gasteiger partial charge in [0.2, 0.25) is 17.2 Å². The molecule has 9 nitrogen and oxygen atoms in total. The molecule has 0 aliphatic carbocycles. The number of halogens is 1. The van der Waals surface area contributed by atoms with Crippen molar-refractivity contribution < 1.29 is 14.1 Å². The lowest BCUT2D eigenvalue weighted by atomic mass is 10.1. The van der Waals surface area contributed by atoms with Crippen LogP contribution in [0.5, 0.6) is 5.75 Å². The summed E-state index contributed by atoms with van der Waals surface area (Å²) in [7, 11) is 1.59. The number of carbonyl (C=O) groups excluding carboxylic acids is 1. The number of carbonyl (C=O) groups is 1. The molecule has 3 aromatic heterocycles. The maximum Gasteiger partial charge on any atom is 0.263 e. The monoisotopic (exact) mass is 515 g/mol. The molecule has 0 fully saturated rings. The molecule has 3 heterocycles. The minimum Gasteiger partial charge on any atom is -0.497 e. The summed E-state index contributed by atoms with van der Waals surface area (Å²) in [5.74, 6) is 0.813. The molecular formula is C27H22ClN5O4. The van der Waals surface area contributed by atoms with Gasteiger partial charge in [-0.1, -0.05) is 28.9 Å². The standard InChI is InChI=1S/C27H22ClN5O4/c1-16-6-11-21-24(35)22(27-31-25(32-37-27)18-7-9-19(28)10-8-18)14-33(26(21)30-16)15-23(34)29-13-17-4-3-5-20(12-17)36-2/h3-12,14H,13,15H2,1-2H3,(H,29,34). The molecule has 0 bridgehead atoms. The van der Waals surface area contributed by atoms with Crippen LogP contribution in [0.25, 0.3) is 33.9 Å². The van der Waals surface area contributed by atoms with Crippen LogP contribution in [0.2, 0.25) is 5.02 Å². The average Bonchev–Trinajstić information content (AvgIpc) is 3.39. The van der Waals surface area contributed by atoms with Crippen LogP contribution in [-0.2, 0) is 17.9 Å². The zero-order valence-corrected chi connectivity index (χ0v) is 20.8. The zero-order valence-electron chi connectivity index (χ0n) is 20.1. The summed E-state index contributed by atoms with van der Waals surface area (Å²) in [4.78, 5) is 35.1. The second-order valence-corrected chi connectivity index (χ2v) is 8.82. The number of hydrogen-bond donors (Lipinski definition) is 1. The van der Waals surface area contributed by atoms with E-state index in [0.717, 1.165) is 5.56 Å². The molecule has 5 aromatic rings. The molecule has 10 heteroatoms. The van der Waals surface area contributed by atoms with E-state index < -0.39 is 0 Å². The van der Waals surface area contributed by atoms with Gasteiger partial charge in [0.15, 0.2) is 0 Å². The maximum absolute atomic E-state index is 13.3. The molecule has 0 saturated heterocycles. The lowest BCUT2D eigenvalue weighted by Gasteiger charge is -2.13. The second kappa shape index (κ2) is 10.2. The fraction of sp³-hybridized carbons (Fsp3) is 0.148. The molecule has 0 atom stereocenters. The number of fused-ring (bicyclic) bond motifs is 1. The van der Waals surface area contributed by atoms with Crippen LogP contribution in [0, 0.1) is 6.92 Å². The third kappa shape index (κ3) is 5.22. The van der Waals surface area contributed by atoms with Crippen LogP contribution in [0.3, 0.4) is 0 Å². The van der Waals surface area contributed by atoms with E-state index in [1.807, 2.05) is 31.2 Å². The number of aryl methyl sites for hydroxylation is 1. The molecule has 1 N–H and O–H groups in total. The summed E-state index contributed by atoms with van der Waals surface area (Å²) >= 11 is 5.96. The van der Waals surface area contributed by atoms with Gasteiger partial charge in [-0.3, -0.25) is 9.59 Å². The Kier molecular flexibility index (Phi) is 6.70. The maximum atomic E-state index is 13.3. The Morgan fingerprint density at radius 2 is 1.92 bits per heavy atom. The minimum atomic E-state index is -0.318. The normalized spacial score (nSPS) is 11.0. The minimum absolute atomic E-state index is 0.0444. The van der Waals surface area contributed by atoms with Gasteiger partial charge in [0.1, 0.15) is 23.5 Å². The van der Waals surface area contributed by atoms with E-state index in [0.29, 0.717) is 45.4 Å². The summed E-state index contributed by atoms with van der Waals surface area (Å²) in [6, 6.07) is 17.8. The molecule has 2 aromatic carbocycles. The number of aromatic nitrogens is 4. The highest BCUT2D eigenvalue weighted by Crippen LogP contribution is 2.23. The van der Waals surface area contributed by atoms with E-state index in [1.165, 1.54) is 6.20 Å². The summed E-state index contributed by atoms with van der Waals surface area (Å²) in [6.45, 7) is 2.07. The van der Waals surface area contributed by atoms with Gasteiger partial charge in [0, 0.05) is 29.0 Å². The number of nitrogens with one attached hydrogen (secondary N) is 1. The van der Waals surface area contributed by atoms with Crippen molar-refractivity contribution in [1.29, 1.82) is 0 Å². The van der Waals surface area contributed by atoms with Crippen molar-refractivity contribution in [3.63, 3.8) is 0 Å². The largest absolute Gasteiger partial charge is 0.497 e. The molecule has 37 heavy (non-hydrogen) atoms. The first-order valence-electron chi connectivity index (χ1n) is 11.4. The van der Waals surface area contributed by atoms with Crippen LogP contribution in [-0.4, -0.2) is 32.7 Å². The molecule has 0 spiro atoms. The molecule has 5 rings (SSSR count). The fourth-order valence-electron chi connectivity index (χ4n) is 3.88. The van der Waals surface area contributed by atoms with Gasteiger partial charge in [-0.25, -0.2) is 4.98 Å². The fourth-order valence-corrected chi connectivity index (χ4v) is 4.00. The number of ether oxygens (including phenoxy) is 1. The number of rotatable bonds is 7. The molecule has 0 unspecified atom stereocenters. The second-order valence-electron chi connectivity index (χ2n) is 8.38. The van der Waals surface area contributed by atoms with Crippen molar-refractivity contribution in [2.75, 3.05) is 7.11 Å². The lowest BCUT2D eigenvalue weighted by molar-refractivity contribution is -0.121. The SMILES string of the molecule is COc1cccc(CNC(=O)Cn2cc(-c3nc(-c4ccc(Cl)cc4)no3)c(=O)c3ccc(C)nc32)c1. The highest BCUT2D eigenvalue weighted by atomic mass is 35.5. The van der Waals surface area contributed by atoms with E-state index in [1.54, 1.807) is 48.1 Å². The highest BCUT2D eigenvalue weighted by molar-refractivity contribution is 6.30. The smallest absolute Gasteiger partial charge is 0.263 e. The van der Waals surface area contributed by atoms with Gasteiger partial charge in [0.25, 0.3) is 5.89 Å². The van der Waals surface area contributed by atoms with Crippen molar-refractivity contribution >= 4 is 28.5 Å². The van der Waals surface area contributed by atoms with Crippen molar-refractivity contribution in [1.82, 2.24) is 25.0 Å². The Bertz CT molecular complexity index is 1660. The molecule has 0 radical (unpaired) electrons. The quantitative estimate of drug-likeness (QED) is 0.342. The van der Waals surface area contributed by atoms with E-state index in [-0.39, 0.29) is 29.3 Å².